The zero-order valence-electron chi connectivity index (χ0n) is 11.1. The van der Waals surface area contributed by atoms with Gasteiger partial charge in [0.25, 0.3) is 0 Å². The molecule has 1 fully saturated rings. The van der Waals surface area contributed by atoms with Gasteiger partial charge in [-0.3, -0.25) is 0 Å². The number of hydrogen-bond acceptors (Lipinski definition) is 4. The third kappa shape index (κ3) is 2.16. The lowest BCUT2D eigenvalue weighted by molar-refractivity contribution is -0.0796. The highest BCUT2D eigenvalue weighted by molar-refractivity contribution is 5.35. The van der Waals surface area contributed by atoms with Gasteiger partial charge >= 0.3 is 0 Å². The van der Waals surface area contributed by atoms with Crippen molar-refractivity contribution in [2.75, 3.05) is 12.4 Å². The third-order valence-electron chi connectivity index (χ3n) is 3.84. The summed E-state index contributed by atoms with van der Waals surface area (Å²) in [5, 5.41) is 11.6. The number of rotatable bonds is 5. The molecule has 2 rings (SSSR count). The van der Waals surface area contributed by atoms with E-state index >= 15 is 0 Å². The Labute approximate surface area is 103 Å². The van der Waals surface area contributed by atoms with Crippen molar-refractivity contribution in [1.82, 2.24) is 15.0 Å². The second-order valence-electron chi connectivity index (χ2n) is 5.32. The topological polar surface area (TPSA) is 52.0 Å². The minimum atomic E-state index is 0.163. The van der Waals surface area contributed by atoms with E-state index in [0.29, 0.717) is 12.1 Å². The second-order valence-corrected chi connectivity index (χ2v) is 5.32. The summed E-state index contributed by atoms with van der Waals surface area (Å²) in [6.45, 7) is 7.51. The maximum Gasteiger partial charge on any atom is 0.145 e. The maximum atomic E-state index is 5.45. The number of ether oxygens (including phenoxy) is 1. The van der Waals surface area contributed by atoms with Crippen molar-refractivity contribution < 1.29 is 4.74 Å². The van der Waals surface area contributed by atoms with Crippen molar-refractivity contribution in [3.05, 3.63) is 6.20 Å². The van der Waals surface area contributed by atoms with Crippen molar-refractivity contribution in [1.29, 1.82) is 0 Å². The smallest absolute Gasteiger partial charge is 0.145 e. The van der Waals surface area contributed by atoms with Crippen molar-refractivity contribution in [3.8, 4) is 0 Å². The van der Waals surface area contributed by atoms with Crippen molar-refractivity contribution in [2.45, 2.75) is 52.3 Å². The Balaban J connectivity index is 2.00. The number of aryl methyl sites for hydroxylation is 1. The molecular weight excluding hydrogens is 216 g/mol. The molecule has 2 atom stereocenters. The molecule has 96 valence electrons. The van der Waals surface area contributed by atoms with Crippen LogP contribution in [0.1, 0.15) is 33.6 Å². The number of anilines is 1. The van der Waals surface area contributed by atoms with E-state index in [9.17, 15) is 0 Å². The molecule has 0 amide bonds. The van der Waals surface area contributed by atoms with Crippen LogP contribution in [0.2, 0.25) is 0 Å². The first-order chi connectivity index (χ1) is 8.09. The van der Waals surface area contributed by atoms with Gasteiger partial charge < -0.3 is 10.1 Å². The molecule has 1 saturated carbocycles. The van der Waals surface area contributed by atoms with Crippen LogP contribution in [0.5, 0.6) is 0 Å². The van der Waals surface area contributed by atoms with Gasteiger partial charge in [-0.1, -0.05) is 26.0 Å². The average molecular weight is 238 g/mol. The normalized spacial score (nSPS) is 26.6. The maximum absolute atomic E-state index is 5.45. The van der Waals surface area contributed by atoms with Crippen LogP contribution in [0.3, 0.4) is 0 Å². The predicted molar refractivity (Wildman–Crippen MR) is 66.9 cm³/mol. The van der Waals surface area contributed by atoms with Gasteiger partial charge in [0.2, 0.25) is 0 Å². The molecule has 2 unspecified atom stereocenters. The van der Waals surface area contributed by atoms with Crippen LogP contribution in [0.4, 0.5) is 5.82 Å². The highest BCUT2D eigenvalue weighted by Gasteiger charge is 2.48. The van der Waals surface area contributed by atoms with E-state index in [2.05, 4.69) is 36.4 Å². The first-order valence-corrected chi connectivity index (χ1v) is 6.27. The zero-order chi connectivity index (χ0) is 12.5. The predicted octanol–water partition coefficient (Wildman–Crippen LogP) is 1.91. The first-order valence-electron chi connectivity index (χ1n) is 6.27. The summed E-state index contributed by atoms with van der Waals surface area (Å²) >= 11 is 0. The molecule has 1 aliphatic carbocycles. The molecule has 1 heterocycles. The molecule has 1 N–H and O–H groups in total. The van der Waals surface area contributed by atoms with Gasteiger partial charge in [-0.25, -0.2) is 4.68 Å². The summed E-state index contributed by atoms with van der Waals surface area (Å²) in [5.41, 5.74) is 0.163. The van der Waals surface area contributed by atoms with E-state index in [0.717, 1.165) is 25.2 Å². The lowest BCUT2D eigenvalue weighted by Gasteiger charge is -2.51. The molecule has 1 aromatic heterocycles. The van der Waals surface area contributed by atoms with E-state index in [4.69, 9.17) is 4.74 Å². The molecular formula is C12H22N4O. The lowest BCUT2D eigenvalue weighted by atomic mass is 9.64. The summed E-state index contributed by atoms with van der Waals surface area (Å²) in [7, 11) is 1.78. The molecule has 5 heteroatoms. The zero-order valence-corrected chi connectivity index (χ0v) is 11.1. The van der Waals surface area contributed by atoms with Gasteiger partial charge in [0.05, 0.1) is 12.3 Å². The average Bonchev–Trinajstić information content (AvgIpc) is 2.72. The van der Waals surface area contributed by atoms with Crippen LogP contribution < -0.4 is 5.32 Å². The van der Waals surface area contributed by atoms with Crippen LogP contribution in [0.25, 0.3) is 0 Å². The van der Waals surface area contributed by atoms with Gasteiger partial charge in [0.15, 0.2) is 0 Å². The third-order valence-corrected chi connectivity index (χ3v) is 3.84. The Bertz CT molecular complexity index is 374. The number of nitrogens with one attached hydrogen (secondary N) is 1. The molecule has 1 aliphatic rings. The molecule has 0 bridgehead atoms. The van der Waals surface area contributed by atoms with Gasteiger partial charge in [0, 0.05) is 25.1 Å². The molecule has 0 radical (unpaired) electrons. The number of hydrogen-bond donors (Lipinski definition) is 1. The Kier molecular flexibility index (Phi) is 3.38. The summed E-state index contributed by atoms with van der Waals surface area (Å²) < 4.78 is 7.38. The monoisotopic (exact) mass is 238 g/mol. The van der Waals surface area contributed by atoms with E-state index in [-0.39, 0.29) is 5.41 Å². The van der Waals surface area contributed by atoms with E-state index in [1.54, 1.807) is 13.3 Å². The Hall–Kier alpha value is -1.10. The highest BCUT2D eigenvalue weighted by Crippen LogP contribution is 2.43. The standard InChI is InChI=1S/C12H22N4O/c1-5-6-16-11(8-13-15-16)14-9-7-10(17-4)12(9,2)3/h8-10,14H,5-7H2,1-4H3. The van der Waals surface area contributed by atoms with Gasteiger partial charge in [0.1, 0.15) is 5.82 Å². The number of nitrogens with zero attached hydrogens (tertiary/aromatic N) is 3. The SMILES string of the molecule is CCCn1nncc1NC1CC(OC)C1(C)C. The van der Waals surface area contributed by atoms with Crippen molar-refractivity contribution in [2.24, 2.45) is 5.41 Å². The van der Waals surface area contributed by atoms with E-state index in [1.165, 1.54) is 0 Å². The molecule has 17 heavy (non-hydrogen) atoms. The van der Waals surface area contributed by atoms with Gasteiger partial charge in [-0.05, 0) is 12.8 Å². The van der Waals surface area contributed by atoms with Crippen LogP contribution in [-0.2, 0) is 11.3 Å². The minimum absolute atomic E-state index is 0.163. The molecule has 0 spiro atoms. The fourth-order valence-corrected chi connectivity index (χ4v) is 2.46. The molecule has 5 nitrogen and oxygen atoms in total. The van der Waals surface area contributed by atoms with Gasteiger partial charge in [-0.15, -0.1) is 5.10 Å². The molecule has 0 saturated heterocycles. The second kappa shape index (κ2) is 4.64. The first kappa shape index (κ1) is 12.4. The lowest BCUT2D eigenvalue weighted by Crippen LogP contribution is -2.57. The molecule has 0 aliphatic heterocycles. The Morgan fingerprint density at radius 3 is 2.94 bits per heavy atom. The summed E-state index contributed by atoms with van der Waals surface area (Å²) in [5.74, 6) is 1.01. The van der Waals surface area contributed by atoms with Crippen LogP contribution >= 0.6 is 0 Å². The summed E-state index contributed by atoms with van der Waals surface area (Å²) in [4.78, 5) is 0. The fourth-order valence-electron chi connectivity index (χ4n) is 2.46. The summed E-state index contributed by atoms with van der Waals surface area (Å²) in [6, 6.07) is 0.432. The summed E-state index contributed by atoms with van der Waals surface area (Å²) in [6.07, 6.45) is 4.25. The number of aromatic nitrogens is 3. The Morgan fingerprint density at radius 2 is 2.35 bits per heavy atom. The van der Waals surface area contributed by atoms with Crippen LogP contribution in [0.15, 0.2) is 6.20 Å². The largest absolute Gasteiger partial charge is 0.381 e. The van der Waals surface area contributed by atoms with Gasteiger partial charge in [-0.2, -0.15) is 0 Å². The van der Waals surface area contributed by atoms with Crippen molar-refractivity contribution >= 4 is 5.82 Å². The Morgan fingerprint density at radius 1 is 1.59 bits per heavy atom. The van der Waals surface area contributed by atoms with Crippen LogP contribution in [-0.4, -0.2) is 34.2 Å². The van der Waals surface area contributed by atoms with Crippen molar-refractivity contribution in [3.63, 3.8) is 0 Å². The minimum Gasteiger partial charge on any atom is -0.381 e. The molecule has 0 aromatic carbocycles. The quantitative estimate of drug-likeness (QED) is 0.851. The fraction of sp³-hybridized carbons (Fsp3) is 0.833. The van der Waals surface area contributed by atoms with Crippen LogP contribution in [0, 0.1) is 5.41 Å². The van der Waals surface area contributed by atoms with E-state index in [1.807, 2.05) is 4.68 Å². The number of methoxy groups -OCH3 is 1. The molecule has 1 aromatic rings. The highest BCUT2D eigenvalue weighted by atomic mass is 16.5. The van der Waals surface area contributed by atoms with E-state index < -0.39 is 0 Å².